The molecule has 1 fully saturated rings. The molecule has 0 spiro atoms. The van der Waals surface area contributed by atoms with E-state index in [0.29, 0.717) is 19.6 Å². The Bertz CT molecular complexity index is 874. The number of hydrogen-bond acceptors (Lipinski definition) is 5. The number of rotatable bonds is 6. The van der Waals surface area contributed by atoms with Gasteiger partial charge in [-0.25, -0.2) is 4.39 Å². The van der Waals surface area contributed by atoms with Crippen LogP contribution >= 0.6 is 0 Å². The number of para-hydroxylation sites is 2. The Morgan fingerprint density at radius 3 is 2.52 bits per heavy atom. The Balaban J connectivity index is 1.59. The van der Waals surface area contributed by atoms with Gasteiger partial charge in [-0.05, 0) is 37.6 Å². The van der Waals surface area contributed by atoms with E-state index in [1.165, 1.54) is 24.3 Å². The highest BCUT2D eigenvalue weighted by Crippen LogP contribution is 2.26. The highest BCUT2D eigenvalue weighted by Gasteiger charge is 2.32. The van der Waals surface area contributed by atoms with Crippen molar-refractivity contribution < 1.29 is 18.8 Å². The molecule has 29 heavy (non-hydrogen) atoms. The number of carbonyl (C=O) groups excluding carboxylic acids is 1. The zero-order chi connectivity index (χ0) is 21.0. The maximum absolute atomic E-state index is 13.1. The number of nitro benzene ring substituents is 1. The maximum atomic E-state index is 13.1. The second-order valence-electron chi connectivity index (χ2n) is 7.31. The van der Waals surface area contributed by atoms with Gasteiger partial charge in [0.25, 0.3) is 5.91 Å². The molecule has 3 rings (SSSR count). The Morgan fingerprint density at radius 1 is 1.14 bits per heavy atom. The van der Waals surface area contributed by atoms with Crippen molar-refractivity contribution in [2.24, 2.45) is 0 Å². The minimum atomic E-state index is -0.529. The van der Waals surface area contributed by atoms with E-state index in [4.69, 9.17) is 4.74 Å². The topological polar surface area (TPSA) is 75.9 Å². The van der Waals surface area contributed by atoms with Crippen molar-refractivity contribution in [2.75, 3.05) is 19.7 Å². The normalized spacial score (nSPS) is 19.8. The lowest BCUT2D eigenvalue weighted by atomic mass is 10.1. The SMILES string of the molecule is C[C@@H]1CN(Cc2ccc(F)cc2)[C@@H](C)CN1C(=O)COc1ccccc1[N+](=O)[O-]. The van der Waals surface area contributed by atoms with Crippen LogP contribution in [0, 0.1) is 15.9 Å². The van der Waals surface area contributed by atoms with Crippen molar-refractivity contribution in [1.82, 2.24) is 9.80 Å². The average molecular weight is 401 g/mol. The van der Waals surface area contributed by atoms with Gasteiger partial charge in [0.1, 0.15) is 5.82 Å². The fraction of sp³-hybridized carbons (Fsp3) is 0.381. The first-order valence-electron chi connectivity index (χ1n) is 9.49. The van der Waals surface area contributed by atoms with Crippen LogP contribution < -0.4 is 4.74 Å². The molecule has 1 saturated heterocycles. The van der Waals surface area contributed by atoms with E-state index >= 15 is 0 Å². The monoisotopic (exact) mass is 401 g/mol. The molecule has 0 aliphatic carbocycles. The first-order chi connectivity index (χ1) is 13.8. The molecular weight excluding hydrogens is 377 g/mol. The van der Waals surface area contributed by atoms with Crippen molar-refractivity contribution in [3.05, 3.63) is 70.0 Å². The van der Waals surface area contributed by atoms with Crippen LogP contribution in [0.4, 0.5) is 10.1 Å². The van der Waals surface area contributed by atoms with Crippen LogP contribution in [0.5, 0.6) is 5.75 Å². The maximum Gasteiger partial charge on any atom is 0.310 e. The molecule has 7 nitrogen and oxygen atoms in total. The van der Waals surface area contributed by atoms with Gasteiger partial charge in [0, 0.05) is 37.8 Å². The van der Waals surface area contributed by atoms with Crippen LogP contribution in [0.2, 0.25) is 0 Å². The van der Waals surface area contributed by atoms with Crippen LogP contribution in [-0.4, -0.2) is 52.4 Å². The largest absolute Gasteiger partial charge is 0.477 e. The Kier molecular flexibility index (Phi) is 6.43. The van der Waals surface area contributed by atoms with Crippen LogP contribution in [0.3, 0.4) is 0 Å². The second-order valence-corrected chi connectivity index (χ2v) is 7.31. The molecule has 8 heteroatoms. The predicted octanol–water partition coefficient (Wildman–Crippen LogP) is 3.23. The summed E-state index contributed by atoms with van der Waals surface area (Å²) in [4.78, 5) is 27.2. The van der Waals surface area contributed by atoms with Crippen molar-refractivity contribution in [3.63, 3.8) is 0 Å². The third kappa shape index (κ3) is 5.08. The summed E-state index contributed by atoms with van der Waals surface area (Å²) in [5, 5.41) is 11.1. The average Bonchev–Trinajstić information content (AvgIpc) is 2.70. The lowest BCUT2D eigenvalue weighted by Gasteiger charge is -2.44. The zero-order valence-electron chi connectivity index (χ0n) is 16.5. The highest BCUT2D eigenvalue weighted by molar-refractivity contribution is 5.78. The van der Waals surface area contributed by atoms with Crippen LogP contribution in [-0.2, 0) is 11.3 Å². The van der Waals surface area contributed by atoms with E-state index in [2.05, 4.69) is 4.90 Å². The van der Waals surface area contributed by atoms with Crippen molar-refractivity contribution in [1.29, 1.82) is 0 Å². The van der Waals surface area contributed by atoms with Gasteiger partial charge in [-0.1, -0.05) is 24.3 Å². The van der Waals surface area contributed by atoms with Crippen LogP contribution in [0.25, 0.3) is 0 Å². The lowest BCUT2D eigenvalue weighted by Crippen LogP contribution is -2.58. The molecule has 0 bridgehead atoms. The number of benzene rings is 2. The summed E-state index contributed by atoms with van der Waals surface area (Å²) in [5.74, 6) is -0.380. The van der Waals surface area contributed by atoms with Crippen molar-refractivity contribution in [3.8, 4) is 5.75 Å². The second kappa shape index (κ2) is 9.00. The van der Waals surface area contributed by atoms with Gasteiger partial charge in [0.2, 0.25) is 0 Å². The number of nitrogens with zero attached hydrogens (tertiary/aromatic N) is 3. The summed E-state index contributed by atoms with van der Waals surface area (Å²) >= 11 is 0. The predicted molar refractivity (Wildman–Crippen MR) is 106 cm³/mol. The number of amides is 1. The molecular formula is C21H24FN3O4. The number of hydrogen-bond donors (Lipinski definition) is 0. The van der Waals surface area contributed by atoms with E-state index in [-0.39, 0.29) is 41.9 Å². The fourth-order valence-electron chi connectivity index (χ4n) is 3.54. The Hall–Kier alpha value is -3.00. The minimum Gasteiger partial charge on any atom is -0.477 e. The number of ether oxygens (including phenoxy) is 1. The Morgan fingerprint density at radius 2 is 1.83 bits per heavy atom. The minimum absolute atomic E-state index is 0.0338. The van der Waals surface area contributed by atoms with E-state index < -0.39 is 4.92 Å². The summed E-state index contributed by atoms with van der Waals surface area (Å²) in [6.45, 7) is 5.64. The van der Waals surface area contributed by atoms with E-state index in [9.17, 15) is 19.3 Å². The van der Waals surface area contributed by atoms with Crippen LogP contribution in [0.15, 0.2) is 48.5 Å². The third-order valence-electron chi connectivity index (χ3n) is 5.15. The molecule has 1 aliphatic rings. The molecule has 154 valence electrons. The Labute approximate surface area is 168 Å². The molecule has 2 aromatic carbocycles. The van der Waals surface area contributed by atoms with E-state index in [0.717, 1.165) is 5.56 Å². The molecule has 0 N–H and O–H groups in total. The van der Waals surface area contributed by atoms with E-state index in [1.54, 1.807) is 29.2 Å². The summed E-state index contributed by atoms with van der Waals surface area (Å²) < 4.78 is 18.6. The molecule has 1 amide bonds. The van der Waals surface area contributed by atoms with Crippen molar-refractivity contribution >= 4 is 11.6 Å². The number of halogens is 1. The molecule has 2 atom stereocenters. The van der Waals surface area contributed by atoms with E-state index in [1.807, 2.05) is 13.8 Å². The zero-order valence-corrected chi connectivity index (χ0v) is 16.5. The smallest absolute Gasteiger partial charge is 0.310 e. The lowest BCUT2D eigenvalue weighted by molar-refractivity contribution is -0.385. The van der Waals surface area contributed by atoms with Crippen LogP contribution in [0.1, 0.15) is 19.4 Å². The van der Waals surface area contributed by atoms with Gasteiger partial charge in [0.05, 0.1) is 4.92 Å². The highest BCUT2D eigenvalue weighted by atomic mass is 19.1. The first kappa shape index (κ1) is 20.7. The summed E-state index contributed by atoms with van der Waals surface area (Å²) in [7, 11) is 0. The fourth-order valence-corrected chi connectivity index (χ4v) is 3.54. The van der Waals surface area contributed by atoms with Gasteiger partial charge in [-0.3, -0.25) is 19.8 Å². The van der Waals surface area contributed by atoms with Gasteiger partial charge < -0.3 is 9.64 Å². The van der Waals surface area contributed by atoms with Gasteiger partial charge in [-0.2, -0.15) is 0 Å². The molecule has 2 aromatic rings. The number of carbonyl (C=O) groups is 1. The molecule has 1 heterocycles. The quantitative estimate of drug-likeness (QED) is 0.549. The van der Waals surface area contributed by atoms with Gasteiger partial charge in [-0.15, -0.1) is 0 Å². The summed E-state index contributed by atoms with van der Waals surface area (Å²) in [6.07, 6.45) is 0. The third-order valence-corrected chi connectivity index (χ3v) is 5.15. The molecule has 0 radical (unpaired) electrons. The van der Waals surface area contributed by atoms with Gasteiger partial charge >= 0.3 is 5.69 Å². The van der Waals surface area contributed by atoms with Gasteiger partial charge in [0.15, 0.2) is 12.4 Å². The number of piperazine rings is 1. The first-order valence-corrected chi connectivity index (χ1v) is 9.49. The summed E-state index contributed by atoms with van der Waals surface area (Å²) in [5.41, 5.74) is 0.857. The molecule has 0 unspecified atom stereocenters. The summed E-state index contributed by atoms with van der Waals surface area (Å²) in [6, 6.07) is 12.5. The van der Waals surface area contributed by atoms with Crippen molar-refractivity contribution in [2.45, 2.75) is 32.5 Å². The molecule has 0 saturated carbocycles. The molecule has 1 aliphatic heterocycles. The molecule has 0 aromatic heterocycles. The standard InChI is InChI=1S/C21H24FN3O4/c1-15-12-24(16(2)11-23(15)13-17-7-9-18(22)10-8-17)21(26)14-29-20-6-4-3-5-19(20)25(27)28/h3-10,15-16H,11-14H2,1-2H3/t15-,16+/m0/s1. The number of nitro groups is 1.